The van der Waals surface area contributed by atoms with E-state index in [2.05, 4.69) is 9.97 Å². The summed E-state index contributed by atoms with van der Waals surface area (Å²) in [6, 6.07) is 3.90. The summed E-state index contributed by atoms with van der Waals surface area (Å²) < 4.78 is 56.8. The zero-order valence-corrected chi connectivity index (χ0v) is 14.3. The van der Waals surface area contributed by atoms with E-state index in [-0.39, 0.29) is 11.7 Å². The van der Waals surface area contributed by atoms with Gasteiger partial charge in [0.25, 0.3) is 0 Å². The normalized spacial score (nSPS) is 18.4. The van der Waals surface area contributed by atoms with E-state index in [9.17, 15) is 17.2 Å². The SMILES string of the molecule is C[C@H]1COCCN1c1cc(CS(=O)(=O)c2cc(F)cc(F)c2)ncn1. The van der Waals surface area contributed by atoms with Crippen molar-refractivity contribution in [2.24, 2.45) is 0 Å². The second-order valence-electron chi connectivity index (χ2n) is 5.85. The van der Waals surface area contributed by atoms with Crippen LogP contribution in [0.5, 0.6) is 0 Å². The predicted octanol–water partition coefficient (Wildman–Crippen LogP) is 1.95. The highest BCUT2D eigenvalue weighted by Gasteiger charge is 2.22. The van der Waals surface area contributed by atoms with Crippen LogP contribution in [0, 0.1) is 11.6 Å². The maximum atomic E-state index is 13.3. The minimum atomic E-state index is -3.93. The molecule has 0 saturated carbocycles. The molecule has 1 aliphatic rings. The molecule has 0 N–H and O–H groups in total. The highest BCUT2D eigenvalue weighted by Crippen LogP contribution is 2.21. The third-order valence-electron chi connectivity index (χ3n) is 3.90. The Bertz CT molecular complexity index is 856. The van der Waals surface area contributed by atoms with Gasteiger partial charge in [-0.1, -0.05) is 0 Å². The molecule has 1 saturated heterocycles. The number of morpholine rings is 1. The Balaban J connectivity index is 1.86. The molecule has 0 radical (unpaired) electrons. The first-order valence-electron chi connectivity index (χ1n) is 7.69. The minimum Gasteiger partial charge on any atom is -0.377 e. The van der Waals surface area contributed by atoms with Crippen molar-refractivity contribution in [1.29, 1.82) is 0 Å². The number of rotatable bonds is 4. The zero-order chi connectivity index (χ0) is 18.0. The first-order chi connectivity index (χ1) is 11.8. The van der Waals surface area contributed by atoms with Crippen LogP contribution >= 0.6 is 0 Å². The number of benzene rings is 1. The van der Waals surface area contributed by atoms with Crippen molar-refractivity contribution in [2.45, 2.75) is 23.6 Å². The third kappa shape index (κ3) is 4.10. The molecule has 1 aromatic carbocycles. The van der Waals surface area contributed by atoms with Gasteiger partial charge >= 0.3 is 0 Å². The molecule has 0 unspecified atom stereocenters. The quantitative estimate of drug-likeness (QED) is 0.820. The molecule has 0 aliphatic carbocycles. The van der Waals surface area contributed by atoms with Gasteiger partial charge in [-0.2, -0.15) is 0 Å². The summed E-state index contributed by atoms with van der Waals surface area (Å²) in [7, 11) is -3.93. The largest absolute Gasteiger partial charge is 0.377 e. The average Bonchev–Trinajstić information content (AvgIpc) is 2.54. The zero-order valence-electron chi connectivity index (χ0n) is 13.5. The van der Waals surface area contributed by atoms with E-state index in [1.54, 1.807) is 6.07 Å². The molecule has 1 aromatic heterocycles. The lowest BCUT2D eigenvalue weighted by atomic mass is 10.2. The fraction of sp³-hybridized carbons (Fsp3) is 0.375. The maximum absolute atomic E-state index is 13.3. The lowest BCUT2D eigenvalue weighted by Gasteiger charge is -2.34. The van der Waals surface area contributed by atoms with Crippen LogP contribution in [-0.4, -0.2) is 44.2 Å². The Morgan fingerprint density at radius 3 is 2.60 bits per heavy atom. The number of halogens is 2. The summed E-state index contributed by atoms with van der Waals surface area (Å²) in [5.74, 6) is -1.75. The summed E-state index contributed by atoms with van der Waals surface area (Å²) in [6.45, 7) is 3.73. The van der Waals surface area contributed by atoms with Gasteiger partial charge in [-0.15, -0.1) is 0 Å². The van der Waals surface area contributed by atoms with Gasteiger partial charge in [0.15, 0.2) is 9.84 Å². The molecule has 134 valence electrons. The number of hydrogen-bond donors (Lipinski definition) is 0. The smallest absolute Gasteiger partial charge is 0.184 e. The second kappa shape index (κ2) is 7.01. The first-order valence-corrected chi connectivity index (χ1v) is 9.34. The van der Waals surface area contributed by atoms with E-state index >= 15 is 0 Å². The summed E-state index contributed by atoms with van der Waals surface area (Å²) in [5.41, 5.74) is 0.258. The summed E-state index contributed by atoms with van der Waals surface area (Å²) in [5, 5.41) is 0. The molecule has 0 amide bonds. The van der Waals surface area contributed by atoms with Gasteiger partial charge in [-0.3, -0.25) is 0 Å². The molecule has 2 heterocycles. The van der Waals surface area contributed by atoms with Crippen LogP contribution in [0.2, 0.25) is 0 Å². The van der Waals surface area contributed by atoms with Crippen LogP contribution in [0.25, 0.3) is 0 Å². The van der Waals surface area contributed by atoms with E-state index in [0.29, 0.717) is 31.6 Å². The molecule has 1 aliphatic heterocycles. The molecule has 2 aromatic rings. The highest BCUT2D eigenvalue weighted by atomic mass is 32.2. The summed E-state index contributed by atoms with van der Waals surface area (Å²) in [4.78, 5) is 9.76. The van der Waals surface area contributed by atoms with E-state index in [1.165, 1.54) is 6.33 Å². The molecule has 1 atom stereocenters. The number of hydrogen-bond acceptors (Lipinski definition) is 6. The van der Waals surface area contributed by atoms with Crippen LogP contribution in [-0.2, 0) is 20.3 Å². The lowest BCUT2D eigenvalue weighted by Crippen LogP contribution is -2.44. The van der Waals surface area contributed by atoms with Crippen molar-refractivity contribution in [1.82, 2.24) is 9.97 Å². The van der Waals surface area contributed by atoms with Crippen molar-refractivity contribution in [3.05, 3.63) is 47.9 Å². The van der Waals surface area contributed by atoms with E-state index in [4.69, 9.17) is 4.74 Å². The summed E-state index contributed by atoms with van der Waals surface area (Å²) >= 11 is 0. The van der Waals surface area contributed by atoms with Gasteiger partial charge < -0.3 is 9.64 Å². The van der Waals surface area contributed by atoms with Gasteiger partial charge in [0.05, 0.1) is 35.6 Å². The number of ether oxygens (including phenoxy) is 1. The molecular weight excluding hydrogens is 352 g/mol. The Morgan fingerprint density at radius 2 is 1.92 bits per heavy atom. The third-order valence-corrected chi connectivity index (χ3v) is 5.53. The molecule has 6 nitrogen and oxygen atoms in total. The van der Waals surface area contributed by atoms with E-state index in [1.807, 2.05) is 11.8 Å². The number of aromatic nitrogens is 2. The van der Waals surface area contributed by atoms with E-state index in [0.717, 1.165) is 12.1 Å². The Hall–Kier alpha value is -2.13. The minimum absolute atomic E-state index is 0.102. The van der Waals surface area contributed by atoms with Crippen LogP contribution in [0.1, 0.15) is 12.6 Å². The van der Waals surface area contributed by atoms with Crippen LogP contribution < -0.4 is 4.90 Å². The Kier molecular flexibility index (Phi) is 4.96. The van der Waals surface area contributed by atoms with Gasteiger partial charge in [0, 0.05) is 18.7 Å². The second-order valence-corrected chi connectivity index (χ2v) is 7.84. The van der Waals surface area contributed by atoms with Crippen LogP contribution in [0.3, 0.4) is 0 Å². The molecule has 9 heteroatoms. The number of nitrogens with zero attached hydrogens (tertiary/aromatic N) is 3. The van der Waals surface area contributed by atoms with Crippen LogP contribution in [0.4, 0.5) is 14.6 Å². The monoisotopic (exact) mass is 369 g/mol. The molecule has 25 heavy (non-hydrogen) atoms. The maximum Gasteiger partial charge on any atom is 0.184 e. The molecule has 1 fully saturated rings. The Labute approximate surface area is 144 Å². The van der Waals surface area contributed by atoms with Crippen molar-refractivity contribution < 1.29 is 21.9 Å². The molecule has 0 bridgehead atoms. The van der Waals surface area contributed by atoms with Gasteiger partial charge in [-0.25, -0.2) is 27.2 Å². The fourth-order valence-electron chi connectivity index (χ4n) is 2.68. The van der Waals surface area contributed by atoms with Crippen molar-refractivity contribution in [3.63, 3.8) is 0 Å². The van der Waals surface area contributed by atoms with Gasteiger partial charge in [0.1, 0.15) is 23.8 Å². The fourth-order valence-corrected chi connectivity index (χ4v) is 3.97. The number of anilines is 1. The van der Waals surface area contributed by atoms with Crippen molar-refractivity contribution >= 4 is 15.7 Å². The van der Waals surface area contributed by atoms with Crippen molar-refractivity contribution in [3.8, 4) is 0 Å². The predicted molar refractivity (Wildman–Crippen MR) is 86.9 cm³/mol. The molecule has 0 spiro atoms. The van der Waals surface area contributed by atoms with Gasteiger partial charge in [-0.05, 0) is 19.1 Å². The van der Waals surface area contributed by atoms with Crippen molar-refractivity contribution in [2.75, 3.05) is 24.7 Å². The lowest BCUT2D eigenvalue weighted by molar-refractivity contribution is 0.0985. The van der Waals surface area contributed by atoms with Crippen LogP contribution in [0.15, 0.2) is 35.5 Å². The average molecular weight is 369 g/mol. The van der Waals surface area contributed by atoms with Gasteiger partial charge in [0.2, 0.25) is 0 Å². The van der Waals surface area contributed by atoms with E-state index < -0.39 is 32.1 Å². The topological polar surface area (TPSA) is 72.4 Å². The molecular formula is C16H17F2N3O3S. The standard InChI is InChI=1S/C16H17F2N3O3S/c1-11-8-24-3-2-21(11)16-7-14(19-10-20-16)9-25(22,23)15-5-12(17)4-13(18)6-15/h4-7,10-11H,2-3,8-9H2,1H3/t11-/m0/s1. The highest BCUT2D eigenvalue weighted by molar-refractivity contribution is 7.90. The Morgan fingerprint density at radius 1 is 1.20 bits per heavy atom. The summed E-state index contributed by atoms with van der Waals surface area (Å²) in [6.07, 6.45) is 1.29. The number of sulfone groups is 1. The first kappa shape index (κ1) is 17.7. The molecule has 3 rings (SSSR count).